The predicted molar refractivity (Wildman–Crippen MR) is 39.3 cm³/mol. The van der Waals surface area contributed by atoms with E-state index in [1.165, 1.54) is 6.92 Å². The molecule has 58 valence electrons. The Bertz CT molecular complexity index is 163. The van der Waals surface area contributed by atoms with Crippen LogP contribution in [0.3, 0.4) is 0 Å². The quantitative estimate of drug-likeness (QED) is 0.364. The van der Waals surface area contributed by atoms with Crippen molar-refractivity contribution >= 4 is 41.4 Å². The van der Waals surface area contributed by atoms with Crippen LogP contribution in [0.2, 0.25) is 0 Å². The molecule has 0 aromatic heterocycles. The van der Waals surface area contributed by atoms with Gasteiger partial charge in [0.05, 0.1) is 6.42 Å². The van der Waals surface area contributed by atoms with Crippen molar-refractivity contribution in [2.45, 2.75) is 13.3 Å². The molecule has 0 heterocycles. The molecule has 0 aliphatic carbocycles. The van der Waals surface area contributed by atoms with Gasteiger partial charge >= 0.3 is 29.9 Å². The average Bonchev–Trinajstić information content (AvgIpc) is 1.63. The van der Waals surface area contributed by atoms with E-state index in [2.05, 4.69) is 0 Å². The van der Waals surface area contributed by atoms with E-state index in [1.807, 2.05) is 0 Å². The molecule has 10 heavy (non-hydrogen) atoms. The van der Waals surface area contributed by atoms with Crippen molar-refractivity contribution in [3.05, 3.63) is 0 Å². The van der Waals surface area contributed by atoms with Crippen molar-refractivity contribution in [1.82, 2.24) is 0 Å². The molecular formula is C5H10O4Sn. The van der Waals surface area contributed by atoms with Crippen molar-refractivity contribution < 1.29 is 19.5 Å². The predicted octanol–water partition coefficient (Wildman–Crippen LogP) is -1.83. The Morgan fingerprint density at radius 3 is 1.80 bits per heavy atom. The van der Waals surface area contributed by atoms with Gasteiger partial charge in [0.1, 0.15) is 5.78 Å². The minimum atomic E-state index is -1.55. The molecular weight excluding hydrogens is 243 g/mol. The fourth-order valence-electron chi connectivity index (χ4n) is 0.302. The molecule has 0 radical (unpaired) electrons. The summed E-state index contributed by atoms with van der Waals surface area (Å²) >= 11 is 0. The van der Waals surface area contributed by atoms with E-state index in [0.717, 1.165) is 0 Å². The molecule has 0 unspecified atom stereocenters. The van der Waals surface area contributed by atoms with E-state index < -0.39 is 24.0 Å². The number of carbonyl (C=O) groups excluding carboxylic acids is 2. The van der Waals surface area contributed by atoms with Gasteiger partial charge in [-0.3, -0.25) is 9.59 Å². The van der Waals surface area contributed by atoms with Crippen LogP contribution in [-0.2, 0) is 14.4 Å². The molecule has 0 aliphatic rings. The number of hydrogen-bond donors (Lipinski definition) is 1. The zero-order chi connectivity index (χ0) is 7.44. The summed E-state index contributed by atoms with van der Waals surface area (Å²) in [5, 5.41) is 7.93. The van der Waals surface area contributed by atoms with Crippen LogP contribution in [0.4, 0.5) is 0 Å². The minimum absolute atomic E-state index is 0. The second kappa shape index (κ2) is 5.40. The van der Waals surface area contributed by atoms with Crippen molar-refractivity contribution in [2.75, 3.05) is 0 Å². The van der Waals surface area contributed by atoms with Crippen LogP contribution in [0.15, 0.2) is 0 Å². The zero-order valence-corrected chi connectivity index (χ0v) is 4.88. The van der Waals surface area contributed by atoms with Gasteiger partial charge in [-0.05, 0) is 6.92 Å². The van der Waals surface area contributed by atoms with Gasteiger partial charge in [-0.2, -0.15) is 0 Å². The van der Waals surface area contributed by atoms with Gasteiger partial charge in [-0.15, -0.1) is 0 Å². The molecule has 4 nitrogen and oxygen atoms in total. The molecule has 0 saturated heterocycles. The number of carboxylic acid groups (broad SMARTS) is 1. The number of carboxylic acids is 1. The fourth-order valence-corrected chi connectivity index (χ4v) is 0.302. The van der Waals surface area contributed by atoms with E-state index in [9.17, 15) is 14.4 Å². The van der Waals surface area contributed by atoms with Gasteiger partial charge in [-0.1, -0.05) is 0 Å². The first kappa shape index (κ1) is 12.3. The molecule has 0 amide bonds. The van der Waals surface area contributed by atoms with Gasteiger partial charge in [0, 0.05) is 0 Å². The maximum absolute atomic E-state index is 10.1. The Kier molecular flexibility index (Phi) is 6.64. The van der Waals surface area contributed by atoms with Crippen molar-refractivity contribution in [3.63, 3.8) is 0 Å². The average molecular weight is 253 g/mol. The topological polar surface area (TPSA) is 71.4 Å². The molecule has 5 heteroatoms. The molecule has 0 aliphatic heterocycles. The molecule has 0 rings (SSSR count). The number of rotatable bonds is 3. The Labute approximate surface area is 74.6 Å². The molecule has 0 saturated carbocycles. The molecule has 1 N–H and O–H groups in total. The van der Waals surface area contributed by atoms with Crippen molar-refractivity contribution in [1.29, 1.82) is 0 Å². The summed E-state index contributed by atoms with van der Waals surface area (Å²) in [6.07, 6.45) is -0.505. The van der Waals surface area contributed by atoms with Crippen LogP contribution < -0.4 is 0 Å². The number of hydrogen-bond acceptors (Lipinski definition) is 3. The second-order valence-corrected chi connectivity index (χ2v) is 1.61. The van der Waals surface area contributed by atoms with E-state index in [1.54, 1.807) is 0 Å². The Balaban J connectivity index is 0. The SMILES string of the molecule is CC(=O)CC(=O)C(=O)O.[SnH4]. The fraction of sp³-hybridized carbons (Fsp3) is 0.400. The van der Waals surface area contributed by atoms with E-state index in [4.69, 9.17) is 5.11 Å². The Morgan fingerprint density at radius 2 is 1.70 bits per heavy atom. The second-order valence-electron chi connectivity index (χ2n) is 1.61. The van der Waals surface area contributed by atoms with Gasteiger partial charge in [0.25, 0.3) is 0 Å². The number of aliphatic carboxylic acids is 1. The summed E-state index contributed by atoms with van der Waals surface area (Å²) < 4.78 is 0. The number of ketones is 2. The summed E-state index contributed by atoms with van der Waals surface area (Å²) in [6, 6.07) is 0. The molecule has 0 fully saturated rings. The Morgan fingerprint density at radius 1 is 1.30 bits per heavy atom. The van der Waals surface area contributed by atoms with Crippen LogP contribution in [0, 0.1) is 0 Å². The third-order valence-electron chi connectivity index (χ3n) is 0.648. The van der Waals surface area contributed by atoms with E-state index >= 15 is 0 Å². The monoisotopic (exact) mass is 254 g/mol. The van der Waals surface area contributed by atoms with Crippen LogP contribution in [0.1, 0.15) is 13.3 Å². The normalized spacial score (nSPS) is 7.70. The molecule has 0 spiro atoms. The molecule has 0 aromatic rings. The van der Waals surface area contributed by atoms with E-state index in [-0.39, 0.29) is 23.9 Å². The van der Waals surface area contributed by atoms with Crippen molar-refractivity contribution in [3.8, 4) is 0 Å². The summed E-state index contributed by atoms with van der Waals surface area (Å²) in [6.45, 7) is 1.17. The van der Waals surface area contributed by atoms with Crippen LogP contribution in [-0.4, -0.2) is 46.5 Å². The first-order chi connectivity index (χ1) is 4.04. The zero-order valence-electron chi connectivity index (χ0n) is 4.88. The summed E-state index contributed by atoms with van der Waals surface area (Å²) in [4.78, 5) is 29.9. The number of carbonyl (C=O) groups is 3. The van der Waals surface area contributed by atoms with Gasteiger partial charge in [0.2, 0.25) is 5.78 Å². The Hall–Kier alpha value is -0.391. The van der Waals surface area contributed by atoms with Crippen LogP contribution >= 0.6 is 0 Å². The maximum atomic E-state index is 10.1. The molecule has 0 bridgehead atoms. The molecule has 0 aromatic carbocycles. The van der Waals surface area contributed by atoms with Crippen molar-refractivity contribution in [2.24, 2.45) is 0 Å². The van der Waals surface area contributed by atoms with Gasteiger partial charge in [-0.25, -0.2) is 4.79 Å². The standard InChI is InChI=1S/C5H6O4.Sn.4H/c1-3(6)2-4(7)5(8)9;;;;;/h2H2,1H3,(H,8,9);;;;;. The molecule has 0 atom stereocenters. The number of Topliss-reactive ketones (excluding diaryl/α,β-unsaturated/α-hetero) is 2. The first-order valence-electron chi connectivity index (χ1n) is 2.29. The van der Waals surface area contributed by atoms with E-state index in [0.29, 0.717) is 0 Å². The van der Waals surface area contributed by atoms with Crippen LogP contribution in [0.25, 0.3) is 0 Å². The summed E-state index contributed by atoms with van der Waals surface area (Å²) in [5.41, 5.74) is 0. The summed E-state index contributed by atoms with van der Waals surface area (Å²) in [5.74, 6) is -3.03. The van der Waals surface area contributed by atoms with Gasteiger partial charge in [0.15, 0.2) is 0 Å². The first-order valence-corrected chi connectivity index (χ1v) is 2.29. The van der Waals surface area contributed by atoms with Gasteiger partial charge < -0.3 is 5.11 Å². The third kappa shape index (κ3) is 5.74. The summed E-state index contributed by atoms with van der Waals surface area (Å²) in [7, 11) is 0. The van der Waals surface area contributed by atoms with Crippen LogP contribution in [0.5, 0.6) is 0 Å². The third-order valence-corrected chi connectivity index (χ3v) is 0.648.